The molecule has 1 atom stereocenters. The highest BCUT2D eigenvalue weighted by molar-refractivity contribution is 5.97. The highest BCUT2D eigenvalue weighted by Gasteiger charge is 2.15. The van der Waals surface area contributed by atoms with Crippen molar-refractivity contribution in [2.45, 2.75) is 19.9 Å². The molecule has 0 aliphatic heterocycles. The van der Waals surface area contributed by atoms with Crippen LogP contribution in [0, 0.1) is 11.8 Å². The minimum Gasteiger partial charge on any atom is -0.355 e. The second-order valence-corrected chi connectivity index (χ2v) is 4.17. The van der Waals surface area contributed by atoms with Crippen LogP contribution in [0.2, 0.25) is 0 Å². The third-order valence-corrected chi connectivity index (χ3v) is 2.57. The Morgan fingerprint density at radius 3 is 2.50 bits per heavy atom. The number of hydrogen-bond donors (Lipinski definition) is 3. The van der Waals surface area contributed by atoms with Crippen molar-refractivity contribution in [1.82, 2.24) is 10.6 Å². The Morgan fingerprint density at radius 2 is 1.95 bits per heavy atom. The lowest BCUT2D eigenvalue weighted by molar-refractivity contribution is -0.122. The van der Waals surface area contributed by atoms with Gasteiger partial charge in [-0.3, -0.25) is 9.59 Å². The first kappa shape index (κ1) is 15.7. The van der Waals surface area contributed by atoms with Gasteiger partial charge in [0.15, 0.2) is 0 Å². The Kier molecular flexibility index (Phi) is 6.27. The van der Waals surface area contributed by atoms with Gasteiger partial charge in [0.1, 0.15) is 6.04 Å². The molecule has 0 aromatic heterocycles. The molecule has 0 saturated carbocycles. The van der Waals surface area contributed by atoms with Crippen molar-refractivity contribution in [3.8, 4) is 11.8 Å². The molecule has 0 bridgehead atoms. The summed E-state index contributed by atoms with van der Waals surface area (Å²) in [5, 5.41) is 5.29. The first-order valence-corrected chi connectivity index (χ1v) is 6.46. The van der Waals surface area contributed by atoms with E-state index in [2.05, 4.69) is 22.5 Å². The van der Waals surface area contributed by atoms with Crippen molar-refractivity contribution in [2.75, 3.05) is 13.1 Å². The summed E-state index contributed by atoms with van der Waals surface area (Å²) in [5.74, 6) is 5.12. The number of carbonyl (C=O) groups excluding carboxylic acids is 2. The molecule has 4 N–H and O–H groups in total. The molecule has 1 unspecified atom stereocenters. The molecule has 0 aliphatic carbocycles. The number of carbonyl (C=O) groups is 2. The molecule has 0 saturated heterocycles. The maximum Gasteiger partial charge on any atom is 0.251 e. The van der Waals surface area contributed by atoms with Gasteiger partial charge in [0.25, 0.3) is 5.91 Å². The zero-order valence-corrected chi connectivity index (χ0v) is 11.7. The maximum absolute atomic E-state index is 11.9. The van der Waals surface area contributed by atoms with Gasteiger partial charge < -0.3 is 16.4 Å². The number of rotatable bonds is 4. The van der Waals surface area contributed by atoms with Crippen molar-refractivity contribution in [1.29, 1.82) is 0 Å². The lowest BCUT2D eigenvalue weighted by Gasteiger charge is -2.13. The summed E-state index contributed by atoms with van der Waals surface area (Å²) in [5.41, 5.74) is 6.57. The van der Waals surface area contributed by atoms with Crippen LogP contribution in [0.25, 0.3) is 0 Å². The Labute approximate surface area is 118 Å². The summed E-state index contributed by atoms with van der Waals surface area (Å²) >= 11 is 0. The monoisotopic (exact) mass is 273 g/mol. The largest absolute Gasteiger partial charge is 0.355 e. The van der Waals surface area contributed by atoms with E-state index in [1.165, 1.54) is 0 Å². The average molecular weight is 273 g/mol. The molecule has 106 valence electrons. The smallest absolute Gasteiger partial charge is 0.251 e. The standard InChI is InChI=1S/C15H19N3O2/c1-3-17-14(19)11(2)18-15(20)13-8-6-12(7-9-13)5-4-10-16/h6-9,11H,3,10,16H2,1-2H3,(H,17,19)(H,18,20). The summed E-state index contributed by atoms with van der Waals surface area (Å²) < 4.78 is 0. The Bertz CT molecular complexity index is 526. The first-order chi connectivity index (χ1) is 9.58. The van der Waals surface area contributed by atoms with E-state index in [0.29, 0.717) is 18.7 Å². The van der Waals surface area contributed by atoms with Crippen molar-refractivity contribution in [3.05, 3.63) is 35.4 Å². The van der Waals surface area contributed by atoms with Gasteiger partial charge in [0.05, 0.1) is 6.54 Å². The molecule has 0 spiro atoms. The molecular formula is C15H19N3O2. The molecule has 1 aromatic carbocycles. The van der Waals surface area contributed by atoms with E-state index in [-0.39, 0.29) is 11.8 Å². The summed E-state index contributed by atoms with van der Waals surface area (Å²) in [6.45, 7) is 4.30. The number of likely N-dealkylation sites (N-methyl/N-ethyl adjacent to an activating group) is 1. The van der Waals surface area contributed by atoms with Crippen LogP contribution in [0.4, 0.5) is 0 Å². The molecular weight excluding hydrogens is 254 g/mol. The van der Waals surface area contributed by atoms with Crippen molar-refractivity contribution in [3.63, 3.8) is 0 Å². The molecule has 5 nitrogen and oxygen atoms in total. The molecule has 20 heavy (non-hydrogen) atoms. The van der Waals surface area contributed by atoms with E-state index in [9.17, 15) is 9.59 Å². The van der Waals surface area contributed by atoms with Crippen LogP contribution >= 0.6 is 0 Å². The predicted octanol–water partition coefficient (Wildman–Crippen LogP) is 0.251. The van der Waals surface area contributed by atoms with Crippen LogP contribution in [0.15, 0.2) is 24.3 Å². The predicted molar refractivity (Wildman–Crippen MR) is 78.0 cm³/mol. The number of nitrogens with two attached hydrogens (primary N) is 1. The Hall–Kier alpha value is -2.32. The maximum atomic E-state index is 11.9. The van der Waals surface area contributed by atoms with E-state index in [1.54, 1.807) is 31.2 Å². The first-order valence-electron chi connectivity index (χ1n) is 6.46. The highest BCUT2D eigenvalue weighted by atomic mass is 16.2. The van der Waals surface area contributed by atoms with Gasteiger partial charge in [-0.2, -0.15) is 0 Å². The third kappa shape index (κ3) is 4.75. The second-order valence-electron chi connectivity index (χ2n) is 4.17. The van der Waals surface area contributed by atoms with Crippen molar-refractivity contribution < 1.29 is 9.59 Å². The van der Waals surface area contributed by atoms with E-state index < -0.39 is 6.04 Å². The summed E-state index contributed by atoms with van der Waals surface area (Å²) in [4.78, 5) is 23.5. The van der Waals surface area contributed by atoms with Gasteiger partial charge in [0.2, 0.25) is 5.91 Å². The molecule has 2 amide bonds. The van der Waals surface area contributed by atoms with Crippen LogP contribution in [0.3, 0.4) is 0 Å². The fourth-order valence-corrected chi connectivity index (χ4v) is 1.53. The minimum atomic E-state index is -0.570. The average Bonchev–Trinajstić information content (AvgIpc) is 2.45. The lowest BCUT2D eigenvalue weighted by atomic mass is 10.1. The van der Waals surface area contributed by atoms with E-state index >= 15 is 0 Å². The molecule has 0 radical (unpaired) electrons. The van der Waals surface area contributed by atoms with Crippen molar-refractivity contribution in [2.24, 2.45) is 5.73 Å². The van der Waals surface area contributed by atoms with Crippen LogP contribution in [0.5, 0.6) is 0 Å². The van der Waals surface area contributed by atoms with Gasteiger partial charge in [-0.05, 0) is 38.1 Å². The summed E-state index contributed by atoms with van der Waals surface area (Å²) in [6.07, 6.45) is 0. The molecule has 0 fully saturated rings. The van der Waals surface area contributed by atoms with Gasteiger partial charge >= 0.3 is 0 Å². The van der Waals surface area contributed by atoms with E-state index in [1.807, 2.05) is 6.92 Å². The van der Waals surface area contributed by atoms with Gasteiger partial charge in [-0.15, -0.1) is 0 Å². The van der Waals surface area contributed by atoms with Crippen LogP contribution < -0.4 is 16.4 Å². The highest BCUT2D eigenvalue weighted by Crippen LogP contribution is 2.03. The van der Waals surface area contributed by atoms with Crippen molar-refractivity contribution >= 4 is 11.8 Å². The fraction of sp³-hybridized carbons (Fsp3) is 0.333. The Morgan fingerprint density at radius 1 is 1.30 bits per heavy atom. The zero-order chi connectivity index (χ0) is 15.0. The summed E-state index contributed by atoms with van der Waals surface area (Å²) in [6, 6.07) is 6.25. The second kappa shape index (κ2) is 7.97. The molecule has 0 heterocycles. The van der Waals surface area contributed by atoms with Crippen LogP contribution in [-0.2, 0) is 4.79 Å². The van der Waals surface area contributed by atoms with Crippen LogP contribution in [-0.4, -0.2) is 30.9 Å². The number of nitrogens with one attached hydrogen (secondary N) is 2. The zero-order valence-electron chi connectivity index (χ0n) is 11.7. The molecule has 0 aliphatic rings. The van der Waals surface area contributed by atoms with Crippen LogP contribution in [0.1, 0.15) is 29.8 Å². The van der Waals surface area contributed by atoms with Gasteiger partial charge in [0, 0.05) is 17.7 Å². The molecule has 1 rings (SSSR count). The minimum absolute atomic E-state index is 0.203. The quantitative estimate of drug-likeness (QED) is 0.688. The molecule has 5 heteroatoms. The lowest BCUT2D eigenvalue weighted by Crippen LogP contribution is -2.44. The SMILES string of the molecule is CCNC(=O)C(C)NC(=O)c1ccc(C#CCN)cc1. The number of amides is 2. The topological polar surface area (TPSA) is 84.2 Å². The summed E-state index contributed by atoms with van der Waals surface area (Å²) in [7, 11) is 0. The van der Waals surface area contributed by atoms with Gasteiger partial charge in [-0.25, -0.2) is 0 Å². The van der Waals surface area contributed by atoms with E-state index in [4.69, 9.17) is 5.73 Å². The van der Waals surface area contributed by atoms with E-state index in [0.717, 1.165) is 5.56 Å². The fourth-order valence-electron chi connectivity index (χ4n) is 1.53. The number of benzene rings is 1. The Balaban J connectivity index is 2.66. The third-order valence-electron chi connectivity index (χ3n) is 2.57. The number of hydrogen-bond acceptors (Lipinski definition) is 3. The molecule has 1 aromatic rings. The van der Waals surface area contributed by atoms with Gasteiger partial charge in [-0.1, -0.05) is 11.8 Å². The normalized spacial score (nSPS) is 10.9.